The summed E-state index contributed by atoms with van der Waals surface area (Å²) in [6.07, 6.45) is 0.693. The van der Waals surface area contributed by atoms with Crippen molar-refractivity contribution in [1.82, 2.24) is 10.3 Å². The normalized spacial score (nSPS) is 10.1. The lowest BCUT2D eigenvalue weighted by atomic mass is 10.1. The van der Waals surface area contributed by atoms with Gasteiger partial charge in [0.15, 0.2) is 5.78 Å². The minimum Gasteiger partial charge on any atom is -0.429 e. The van der Waals surface area contributed by atoms with Gasteiger partial charge in [0.05, 0.1) is 16.2 Å². The number of hydrogen-bond acceptors (Lipinski definition) is 10. The number of ether oxygens (including phenoxy) is 3. The number of nitro groups is 1. The molecule has 1 aromatic heterocycles. The highest BCUT2D eigenvalue weighted by Gasteiger charge is 2.20. The van der Waals surface area contributed by atoms with Crippen LogP contribution in [0.1, 0.15) is 34.5 Å². The maximum absolute atomic E-state index is 12.7. The van der Waals surface area contributed by atoms with Crippen LogP contribution >= 0.6 is 0 Å². The first-order valence-electron chi connectivity index (χ1n) is 10.2. The van der Waals surface area contributed by atoms with E-state index < -0.39 is 23.6 Å². The van der Waals surface area contributed by atoms with Crippen molar-refractivity contribution < 1.29 is 33.5 Å². The average molecular weight is 486 g/mol. The van der Waals surface area contributed by atoms with Crippen LogP contribution in [0, 0.1) is 17.0 Å². The molecule has 0 unspecified atom stereocenters. The Hall–Kier alpha value is -4.55. The Morgan fingerprint density at radius 1 is 1.26 bits per heavy atom. The molecular formula is C21H22N6O8. The van der Waals surface area contributed by atoms with Gasteiger partial charge in [-0.15, -0.1) is 0 Å². The largest absolute Gasteiger partial charge is 0.514 e. The van der Waals surface area contributed by atoms with Crippen LogP contribution in [0.3, 0.4) is 0 Å². The Kier molecular flexibility index (Phi) is 10.1. The summed E-state index contributed by atoms with van der Waals surface area (Å²) in [6, 6.07) is 4.75. The number of nitro benzene ring substituents is 1. The Morgan fingerprint density at radius 3 is 2.60 bits per heavy atom. The number of carbonyl (C=O) groups is 3. The second-order valence-corrected chi connectivity index (χ2v) is 7.00. The Balaban J connectivity index is 2.10. The molecule has 2 rings (SSSR count). The van der Waals surface area contributed by atoms with Gasteiger partial charge in [0, 0.05) is 54.6 Å². The first kappa shape index (κ1) is 26.7. The number of pyridine rings is 1. The number of benzene rings is 1. The Labute approximate surface area is 199 Å². The number of ketones is 1. The third-order valence-electron chi connectivity index (χ3n) is 4.54. The smallest absolute Gasteiger partial charge is 0.429 e. The van der Waals surface area contributed by atoms with Gasteiger partial charge in [0.1, 0.15) is 19.0 Å². The van der Waals surface area contributed by atoms with Crippen molar-refractivity contribution in [3.05, 3.63) is 67.8 Å². The summed E-state index contributed by atoms with van der Waals surface area (Å²) in [5.74, 6) is -0.679. The van der Waals surface area contributed by atoms with E-state index in [0.29, 0.717) is 12.1 Å². The van der Waals surface area contributed by atoms with Crippen molar-refractivity contribution in [2.24, 2.45) is 5.11 Å². The third-order valence-corrected chi connectivity index (χ3v) is 4.54. The summed E-state index contributed by atoms with van der Waals surface area (Å²) in [5, 5.41) is 16.9. The number of nitrogens with zero attached hydrogens (tertiary/aromatic N) is 5. The predicted octanol–water partition coefficient (Wildman–Crippen LogP) is 3.68. The van der Waals surface area contributed by atoms with E-state index in [1.807, 2.05) is 0 Å². The van der Waals surface area contributed by atoms with Crippen molar-refractivity contribution in [2.75, 3.05) is 20.3 Å². The van der Waals surface area contributed by atoms with E-state index in [4.69, 9.17) is 19.7 Å². The lowest BCUT2D eigenvalue weighted by Crippen LogP contribution is -2.27. The van der Waals surface area contributed by atoms with Gasteiger partial charge in [-0.1, -0.05) is 5.11 Å². The number of aryl methyl sites for hydroxylation is 1. The molecule has 0 aliphatic heterocycles. The Morgan fingerprint density at radius 2 is 1.97 bits per heavy atom. The monoisotopic (exact) mass is 486 g/mol. The molecule has 14 nitrogen and oxygen atoms in total. The maximum atomic E-state index is 12.7. The average Bonchev–Trinajstić information content (AvgIpc) is 2.82. The van der Waals surface area contributed by atoms with Gasteiger partial charge < -0.3 is 19.5 Å². The van der Waals surface area contributed by atoms with Gasteiger partial charge in [0.2, 0.25) is 0 Å². The lowest BCUT2D eigenvalue weighted by molar-refractivity contribution is -0.384. The zero-order valence-corrected chi connectivity index (χ0v) is 18.9. The molecule has 0 aliphatic rings. The molecule has 1 N–H and O–H groups in total. The summed E-state index contributed by atoms with van der Waals surface area (Å²) in [6.45, 7) is 1.23. The van der Waals surface area contributed by atoms with E-state index in [9.17, 15) is 24.5 Å². The van der Waals surface area contributed by atoms with Crippen LogP contribution in [-0.4, -0.2) is 48.0 Å². The SMILES string of the molecule is COCC(=O)CCCNC(=O)c1cnc(C)c(N=[N+]=[N-])c1COC(=O)Oc1ccc([N+](=O)[O-])cc1. The molecule has 0 atom stereocenters. The highest BCUT2D eigenvalue weighted by Crippen LogP contribution is 2.27. The first-order chi connectivity index (χ1) is 16.8. The molecule has 0 radical (unpaired) electrons. The summed E-state index contributed by atoms with van der Waals surface area (Å²) in [7, 11) is 1.41. The molecule has 0 fully saturated rings. The van der Waals surface area contributed by atoms with Gasteiger partial charge in [-0.25, -0.2) is 4.79 Å². The van der Waals surface area contributed by atoms with E-state index in [1.54, 1.807) is 6.92 Å². The van der Waals surface area contributed by atoms with E-state index in [1.165, 1.54) is 25.4 Å². The predicted molar refractivity (Wildman–Crippen MR) is 120 cm³/mol. The zero-order chi connectivity index (χ0) is 25.8. The van der Waals surface area contributed by atoms with Crippen LogP contribution < -0.4 is 10.1 Å². The number of rotatable bonds is 12. The highest BCUT2D eigenvalue weighted by molar-refractivity contribution is 5.96. The fourth-order valence-electron chi connectivity index (χ4n) is 2.87. The number of non-ortho nitro benzene ring substituents is 1. The maximum Gasteiger partial charge on any atom is 0.514 e. The molecule has 0 saturated heterocycles. The van der Waals surface area contributed by atoms with E-state index in [2.05, 4.69) is 20.3 Å². The summed E-state index contributed by atoms with van der Waals surface area (Å²) < 4.78 is 14.8. The second kappa shape index (κ2) is 13.2. The molecule has 0 aliphatic carbocycles. The molecule has 35 heavy (non-hydrogen) atoms. The molecule has 1 aromatic carbocycles. The summed E-state index contributed by atoms with van der Waals surface area (Å²) >= 11 is 0. The number of hydrogen-bond donors (Lipinski definition) is 1. The second-order valence-electron chi connectivity index (χ2n) is 7.00. The van der Waals surface area contributed by atoms with Crippen LogP contribution in [0.15, 0.2) is 35.6 Å². The van der Waals surface area contributed by atoms with Crippen molar-refractivity contribution in [3.8, 4) is 5.75 Å². The lowest BCUT2D eigenvalue weighted by Gasteiger charge is -2.14. The number of Topliss-reactive ketones (excluding diaryl/α,β-unsaturated/α-hetero) is 1. The van der Waals surface area contributed by atoms with E-state index in [-0.39, 0.29) is 53.6 Å². The number of methoxy groups -OCH3 is 1. The minimum atomic E-state index is -1.15. The van der Waals surface area contributed by atoms with Crippen LogP contribution in [0.5, 0.6) is 5.75 Å². The van der Waals surface area contributed by atoms with Gasteiger partial charge in [-0.2, -0.15) is 0 Å². The number of nitrogens with one attached hydrogen (secondary N) is 1. The summed E-state index contributed by atoms with van der Waals surface area (Å²) in [4.78, 5) is 53.2. The van der Waals surface area contributed by atoms with Crippen molar-refractivity contribution >= 4 is 29.2 Å². The van der Waals surface area contributed by atoms with E-state index in [0.717, 1.165) is 12.1 Å². The number of amides is 1. The van der Waals surface area contributed by atoms with Gasteiger partial charge in [-0.3, -0.25) is 24.7 Å². The number of azide groups is 1. The molecule has 1 amide bonds. The topological polar surface area (TPSA) is 196 Å². The zero-order valence-electron chi connectivity index (χ0n) is 18.9. The number of aromatic nitrogens is 1. The number of carbonyl (C=O) groups excluding carboxylic acids is 3. The van der Waals surface area contributed by atoms with Gasteiger partial charge >= 0.3 is 6.16 Å². The van der Waals surface area contributed by atoms with E-state index >= 15 is 0 Å². The standard InChI is InChI=1S/C21H22N6O8/c1-13-19(25-26-22)18(12-34-21(30)35-16-7-5-14(6-8-16)27(31)32)17(10-24-13)20(29)23-9-3-4-15(28)11-33-2/h5-8,10H,3-4,9,11-12H2,1-2H3,(H,23,29). The van der Waals surface area contributed by atoms with Crippen molar-refractivity contribution in [3.63, 3.8) is 0 Å². The Bertz CT molecular complexity index is 1150. The summed E-state index contributed by atoms with van der Waals surface area (Å²) in [5.41, 5.74) is 9.14. The molecule has 14 heteroatoms. The first-order valence-corrected chi connectivity index (χ1v) is 10.2. The molecule has 0 saturated carbocycles. The molecule has 0 bridgehead atoms. The molecule has 184 valence electrons. The quantitative estimate of drug-likeness (QED) is 0.0679. The van der Waals surface area contributed by atoms with Crippen LogP contribution in [0.4, 0.5) is 16.2 Å². The fourth-order valence-corrected chi connectivity index (χ4v) is 2.87. The molecule has 1 heterocycles. The van der Waals surface area contributed by atoms with Crippen LogP contribution in [0.25, 0.3) is 10.4 Å². The van der Waals surface area contributed by atoms with Crippen molar-refractivity contribution in [2.45, 2.75) is 26.4 Å². The van der Waals surface area contributed by atoms with Crippen molar-refractivity contribution in [1.29, 1.82) is 0 Å². The third kappa shape index (κ3) is 8.07. The molecular weight excluding hydrogens is 464 g/mol. The molecule has 0 spiro atoms. The van der Waals surface area contributed by atoms with Crippen LogP contribution in [0.2, 0.25) is 0 Å². The van der Waals surface area contributed by atoms with Gasteiger partial charge in [-0.05, 0) is 31.0 Å². The highest BCUT2D eigenvalue weighted by atomic mass is 16.7. The minimum absolute atomic E-state index is 0.00256. The van der Waals surface area contributed by atoms with Gasteiger partial charge in [0.25, 0.3) is 11.6 Å². The molecule has 2 aromatic rings. The fraction of sp³-hybridized carbons (Fsp3) is 0.333. The van der Waals surface area contributed by atoms with Crippen LogP contribution in [-0.2, 0) is 20.9 Å².